The van der Waals surface area contributed by atoms with Crippen LogP contribution in [0.3, 0.4) is 0 Å². The van der Waals surface area contributed by atoms with Crippen molar-refractivity contribution in [3.05, 3.63) is 47.5 Å². The van der Waals surface area contributed by atoms with Crippen LogP contribution in [0.4, 0.5) is 13.2 Å². The zero-order valence-corrected chi connectivity index (χ0v) is 11.9. The fourth-order valence-electron chi connectivity index (χ4n) is 2.05. The third-order valence-corrected chi connectivity index (χ3v) is 3.17. The Morgan fingerprint density at radius 3 is 2.62 bits per heavy atom. The van der Waals surface area contributed by atoms with E-state index in [1.54, 1.807) is 19.2 Å². The van der Waals surface area contributed by atoms with Gasteiger partial charge < -0.3 is 9.30 Å². The molecule has 2 aromatic rings. The molecule has 0 fully saturated rings. The predicted octanol–water partition coefficient (Wildman–Crippen LogP) is 3.99. The molecule has 0 atom stereocenters. The van der Waals surface area contributed by atoms with Gasteiger partial charge in [0.25, 0.3) is 0 Å². The number of rotatable bonds is 5. The smallest absolute Gasteiger partial charge is 0.419 e. The lowest BCUT2D eigenvalue weighted by Gasteiger charge is -2.15. The van der Waals surface area contributed by atoms with Crippen molar-refractivity contribution in [3.8, 4) is 5.75 Å². The lowest BCUT2D eigenvalue weighted by molar-refractivity contribution is -0.139. The Labute approximate surface area is 121 Å². The summed E-state index contributed by atoms with van der Waals surface area (Å²) in [6.07, 6.45) is -0.259. The Bertz CT molecular complexity index is 605. The maximum absolute atomic E-state index is 12.9. The van der Waals surface area contributed by atoms with Gasteiger partial charge in [0.1, 0.15) is 11.6 Å². The van der Waals surface area contributed by atoms with Crippen LogP contribution >= 0.6 is 0 Å². The van der Waals surface area contributed by atoms with Crippen molar-refractivity contribution in [2.24, 2.45) is 0 Å². The monoisotopic (exact) mass is 298 g/mol. The van der Waals surface area contributed by atoms with Gasteiger partial charge in [-0.1, -0.05) is 11.6 Å². The number of aromatic nitrogens is 2. The average Bonchev–Trinajstić information content (AvgIpc) is 2.80. The quantitative estimate of drug-likeness (QED) is 0.780. The van der Waals surface area contributed by atoms with E-state index < -0.39 is 11.7 Å². The van der Waals surface area contributed by atoms with Crippen LogP contribution in [0.5, 0.6) is 5.75 Å². The fraction of sp³-hybridized carbons (Fsp3) is 0.400. The maximum Gasteiger partial charge on any atom is 0.419 e. The highest BCUT2D eigenvalue weighted by Crippen LogP contribution is 2.36. The lowest BCUT2D eigenvalue weighted by Crippen LogP contribution is -2.11. The number of alkyl halides is 3. The molecule has 6 heteroatoms. The van der Waals surface area contributed by atoms with Gasteiger partial charge in [0.15, 0.2) is 0 Å². The summed E-state index contributed by atoms with van der Waals surface area (Å²) in [6, 6.07) is 4.10. The fourth-order valence-corrected chi connectivity index (χ4v) is 2.05. The molecule has 114 valence electrons. The molecule has 0 aliphatic carbocycles. The third-order valence-electron chi connectivity index (χ3n) is 3.17. The van der Waals surface area contributed by atoms with Gasteiger partial charge in [0.05, 0.1) is 12.2 Å². The Morgan fingerprint density at radius 2 is 2.00 bits per heavy atom. The second kappa shape index (κ2) is 6.20. The largest absolute Gasteiger partial charge is 0.493 e. The van der Waals surface area contributed by atoms with Crippen LogP contribution in [-0.4, -0.2) is 16.2 Å². The molecule has 0 amide bonds. The number of hydrogen-bond donors (Lipinski definition) is 0. The van der Waals surface area contributed by atoms with Crippen LogP contribution in [0, 0.1) is 13.8 Å². The van der Waals surface area contributed by atoms with Crippen LogP contribution in [0.1, 0.15) is 23.4 Å². The van der Waals surface area contributed by atoms with Gasteiger partial charge in [-0.15, -0.1) is 0 Å². The van der Waals surface area contributed by atoms with E-state index >= 15 is 0 Å². The lowest BCUT2D eigenvalue weighted by atomic mass is 10.1. The number of aryl methyl sites for hydroxylation is 3. The Morgan fingerprint density at radius 1 is 1.24 bits per heavy atom. The second-order valence-corrected chi connectivity index (χ2v) is 4.87. The van der Waals surface area contributed by atoms with Crippen molar-refractivity contribution in [3.63, 3.8) is 0 Å². The van der Waals surface area contributed by atoms with Crippen LogP contribution < -0.4 is 4.74 Å². The highest BCUT2D eigenvalue weighted by Gasteiger charge is 2.34. The molecule has 0 aliphatic rings. The minimum atomic E-state index is -4.40. The number of halogens is 3. The standard InChI is InChI=1S/C15H17F3N2O/c1-11-4-5-14(13(10-11)15(16,17)18)21-9-3-7-20-8-6-19-12(20)2/h4-6,8,10H,3,7,9H2,1-2H3. The molecule has 0 aliphatic heterocycles. The summed E-state index contributed by atoms with van der Waals surface area (Å²) < 4.78 is 46.0. The molecule has 3 nitrogen and oxygen atoms in total. The Kier molecular flexibility index (Phi) is 4.55. The van der Waals surface area contributed by atoms with E-state index in [9.17, 15) is 13.2 Å². The zero-order chi connectivity index (χ0) is 15.5. The first-order valence-corrected chi connectivity index (χ1v) is 6.66. The van der Waals surface area contributed by atoms with Gasteiger partial charge in [0.2, 0.25) is 0 Å². The molecule has 1 heterocycles. The van der Waals surface area contributed by atoms with Crippen molar-refractivity contribution < 1.29 is 17.9 Å². The zero-order valence-electron chi connectivity index (χ0n) is 11.9. The number of ether oxygens (including phenoxy) is 1. The molecule has 1 aromatic carbocycles. The topological polar surface area (TPSA) is 27.1 Å². The van der Waals surface area contributed by atoms with Crippen molar-refractivity contribution in [2.75, 3.05) is 6.61 Å². The van der Waals surface area contributed by atoms with Gasteiger partial charge in [-0.2, -0.15) is 13.2 Å². The van der Waals surface area contributed by atoms with Crippen molar-refractivity contribution >= 4 is 0 Å². The SMILES string of the molecule is Cc1ccc(OCCCn2ccnc2C)c(C(F)(F)F)c1. The minimum Gasteiger partial charge on any atom is -0.493 e. The van der Waals surface area contributed by atoms with Gasteiger partial charge >= 0.3 is 6.18 Å². The summed E-state index contributed by atoms with van der Waals surface area (Å²) >= 11 is 0. The average molecular weight is 298 g/mol. The highest BCUT2D eigenvalue weighted by molar-refractivity contribution is 5.38. The summed E-state index contributed by atoms with van der Waals surface area (Å²) in [4.78, 5) is 4.08. The third kappa shape index (κ3) is 4.00. The summed E-state index contributed by atoms with van der Waals surface area (Å²) in [7, 11) is 0. The van der Waals surface area contributed by atoms with Crippen molar-refractivity contribution in [1.82, 2.24) is 9.55 Å². The molecule has 0 saturated heterocycles. The summed E-state index contributed by atoms with van der Waals surface area (Å²) in [5.41, 5.74) is -0.162. The van der Waals surface area contributed by atoms with E-state index in [-0.39, 0.29) is 12.4 Å². The van der Waals surface area contributed by atoms with Gasteiger partial charge in [-0.25, -0.2) is 4.98 Å². The normalized spacial score (nSPS) is 11.7. The first-order chi connectivity index (χ1) is 9.88. The molecule has 1 aromatic heterocycles. The molecule has 21 heavy (non-hydrogen) atoms. The van der Waals surface area contributed by atoms with Gasteiger partial charge in [0, 0.05) is 18.9 Å². The molecular weight excluding hydrogens is 281 g/mol. The molecule has 2 rings (SSSR count). The van der Waals surface area contributed by atoms with E-state index in [1.165, 1.54) is 6.07 Å². The molecule has 0 saturated carbocycles. The van der Waals surface area contributed by atoms with Gasteiger partial charge in [-0.3, -0.25) is 0 Å². The van der Waals surface area contributed by atoms with E-state index in [0.29, 0.717) is 18.5 Å². The molecule has 0 bridgehead atoms. The number of imidazole rings is 1. The highest BCUT2D eigenvalue weighted by atomic mass is 19.4. The predicted molar refractivity (Wildman–Crippen MR) is 73.3 cm³/mol. The first-order valence-electron chi connectivity index (χ1n) is 6.66. The Balaban J connectivity index is 1.96. The van der Waals surface area contributed by atoms with E-state index in [4.69, 9.17) is 4.74 Å². The first kappa shape index (κ1) is 15.4. The van der Waals surface area contributed by atoms with Crippen LogP contribution in [0.25, 0.3) is 0 Å². The molecule has 0 spiro atoms. The molecule has 0 radical (unpaired) electrons. The number of hydrogen-bond acceptors (Lipinski definition) is 2. The van der Waals surface area contributed by atoms with E-state index in [1.807, 2.05) is 17.7 Å². The van der Waals surface area contributed by atoms with Crippen LogP contribution in [0.2, 0.25) is 0 Å². The maximum atomic E-state index is 12.9. The van der Waals surface area contributed by atoms with Crippen LogP contribution in [0.15, 0.2) is 30.6 Å². The summed E-state index contributed by atoms with van der Waals surface area (Å²) in [5, 5.41) is 0. The number of nitrogens with zero attached hydrogens (tertiary/aromatic N) is 2. The number of benzene rings is 1. The van der Waals surface area contributed by atoms with Crippen molar-refractivity contribution in [2.45, 2.75) is 33.0 Å². The van der Waals surface area contributed by atoms with Gasteiger partial charge in [-0.05, 0) is 32.4 Å². The van der Waals surface area contributed by atoms with E-state index in [2.05, 4.69) is 4.98 Å². The summed E-state index contributed by atoms with van der Waals surface area (Å²) in [6.45, 7) is 4.40. The Hall–Kier alpha value is -1.98. The molecular formula is C15H17F3N2O. The minimum absolute atomic E-state index is 0.115. The molecule has 0 N–H and O–H groups in total. The van der Waals surface area contributed by atoms with Crippen molar-refractivity contribution in [1.29, 1.82) is 0 Å². The van der Waals surface area contributed by atoms with Crippen LogP contribution in [-0.2, 0) is 12.7 Å². The second-order valence-electron chi connectivity index (χ2n) is 4.87. The molecule has 0 unspecified atom stereocenters. The van der Waals surface area contributed by atoms with E-state index in [0.717, 1.165) is 11.9 Å². The summed E-state index contributed by atoms with van der Waals surface area (Å²) in [5.74, 6) is 0.761.